The van der Waals surface area contributed by atoms with Crippen LogP contribution in [0, 0.1) is 10.1 Å². The number of carboxylic acids is 1. The maximum Gasteiger partial charge on any atom is 0.317 e. The molecule has 11 heteroatoms. The van der Waals surface area contributed by atoms with Gasteiger partial charge in [-0.15, -0.1) is 12.4 Å². The Morgan fingerprint density at radius 3 is 2.55 bits per heavy atom. The van der Waals surface area contributed by atoms with E-state index in [-0.39, 0.29) is 42.3 Å². The fourth-order valence-corrected chi connectivity index (χ4v) is 3.35. The number of amides is 1. The van der Waals surface area contributed by atoms with E-state index in [4.69, 9.17) is 9.84 Å². The average molecular weight is 431 g/mol. The number of halogens is 1. The molecule has 1 unspecified atom stereocenters. The lowest BCUT2D eigenvalue weighted by Crippen LogP contribution is -2.50. The molecule has 0 aliphatic carbocycles. The number of nitro benzene ring substituents is 1. The van der Waals surface area contributed by atoms with Crippen molar-refractivity contribution in [3.05, 3.63) is 28.3 Å². The number of aliphatic carboxylic acids is 1. The fourth-order valence-electron chi connectivity index (χ4n) is 3.35. The van der Waals surface area contributed by atoms with Crippen LogP contribution >= 0.6 is 12.4 Å². The first-order valence-corrected chi connectivity index (χ1v) is 9.02. The van der Waals surface area contributed by atoms with E-state index in [9.17, 15) is 19.7 Å². The molecule has 29 heavy (non-hydrogen) atoms. The average Bonchev–Trinajstić information content (AvgIpc) is 2.67. The number of carboxylic acid groups (broad SMARTS) is 1. The Bertz CT molecular complexity index is 739. The van der Waals surface area contributed by atoms with Gasteiger partial charge in [-0.2, -0.15) is 0 Å². The molecule has 1 atom stereocenters. The summed E-state index contributed by atoms with van der Waals surface area (Å²) in [6, 6.07) is 3.97. The second-order valence-electron chi connectivity index (χ2n) is 6.88. The minimum Gasteiger partial charge on any atom is -0.496 e. The highest BCUT2D eigenvalue weighted by Crippen LogP contribution is 2.29. The van der Waals surface area contributed by atoms with Crippen LogP contribution in [0.1, 0.15) is 19.8 Å². The van der Waals surface area contributed by atoms with Gasteiger partial charge < -0.3 is 15.2 Å². The number of benzene rings is 1. The molecule has 2 N–H and O–H groups in total. The van der Waals surface area contributed by atoms with E-state index in [2.05, 4.69) is 5.32 Å². The van der Waals surface area contributed by atoms with Crippen LogP contribution in [-0.4, -0.2) is 77.6 Å². The number of methoxy groups -OCH3 is 1. The second-order valence-corrected chi connectivity index (χ2v) is 6.88. The van der Waals surface area contributed by atoms with Crippen molar-refractivity contribution in [3.63, 3.8) is 0 Å². The van der Waals surface area contributed by atoms with E-state index in [0.717, 1.165) is 12.8 Å². The molecule has 1 aliphatic heterocycles. The molecule has 1 amide bonds. The summed E-state index contributed by atoms with van der Waals surface area (Å²) in [6.07, 6.45) is 1.51. The molecule has 2 rings (SSSR count). The lowest BCUT2D eigenvalue weighted by Gasteiger charge is -2.38. The van der Waals surface area contributed by atoms with E-state index in [1.54, 1.807) is 20.0 Å². The van der Waals surface area contributed by atoms with Crippen LogP contribution in [-0.2, 0) is 9.59 Å². The Balaban J connectivity index is 0.00000420. The molecule has 0 aromatic heterocycles. The number of rotatable bonds is 8. The summed E-state index contributed by atoms with van der Waals surface area (Å²) in [4.78, 5) is 38.0. The molecule has 1 saturated heterocycles. The van der Waals surface area contributed by atoms with Gasteiger partial charge in [0.2, 0.25) is 5.91 Å². The molecule has 0 saturated carbocycles. The van der Waals surface area contributed by atoms with Gasteiger partial charge in [0.05, 0.1) is 30.7 Å². The number of nitro groups is 1. The molecule has 162 valence electrons. The first-order chi connectivity index (χ1) is 13.2. The number of likely N-dealkylation sites (tertiary alicyclic amines) is 1. The second kappa shape index (κ2) is 10.9. The third kappa shape index (κ3) is 6.55. The van der Waals surface area contributed by atoms with E-state index in [1.807, 2.05) is 9.80 Å². The SMILES string of the molecule is COc1ccc(NC(=O)C(C)N2CCC(N(C)CC(=O)O)CC2)c([N+](=O)[O-])c1.Cl. The topological polar surface area (TPSA) is 125 Å². The van der Waals surface area contributed by atoms with Crippen molar-refractivity contribution in [2.45, 2.75) is 31.8 Å². The van der Waals surface area contributed by atoms with Crippen LogP contribution < -0.4 is 10.1 Å². The van der Waals surface area contributed by atoms with Gasteiger partial charge in [0, 0.05) is 19.1 Å². The van der Waals surface area contributed by atoms with Crippen LogP contribution in [0.4, 0.5) is 11.4 Å². The Morgan fingerprint density at radius 1 is 1.41 bits per heavy atom. The van der Waals surface area contributed by atoms with Gasteiger partial charge in [-0.05, 0) is 38.9 Å². The van der Waals surface area contributed by atoms with Crippen molar-refractivity contribution in [2.24, 2.45) is 0 Å². The molecule has 1 aliphatic rings. The molecule has 1 fully saturated rings. The number of carbonyl (C=O) groups excluding carboxylic acids is 1. The molecular weight excluding hydrogens is 404 g/mol. The highest BCUT2D eigenvalue weighted by molar-refractivity contribution is 5.96. The summed E-state index contributed by atoms with van der Waals surface area (Å²) in [6.45, 7) is 3.04. The Hall–Kier alpha value is -2.43. The molecule has 1 aromatic carbocycles. The number of carbonyl (C=O) groups is 2. The van der Waals surface area contributed by atoms with Crippen LogP contribution in [0.2, 0.25) is 0 Å². The lowest BCUT2D eigenvalue weighted by atomic mass is 10.0. The summed E-state index contributed by atoms with van der Waals surface area (Å²) < 4.78 is 4.99. The predicted molar refractivity (Wildman–Crippen MR) is 110 cm³/mol. The molecule has 0 bridgehead atoms. The van der Waals surface area contributed by atoms with Crippen molar-refractivity contribution in [1.82, 2.24) is 9.80 Å². The standard InChI is InChI=1S/C18H26N4O6.ClH/c1-12(21-8-6-13(7-9-21)20(2)11-17(23)24)18(25)19-15-5-4-14(28-3)10-16(15)22(26)27;/h4-5,10,12-13H,6-9,11H2,1-3H3,(H,19,25)(H,23,24);1H. The maximum absolute atomic E-state index is 12.6. The number of likely N-dealkylation sites (N-methyl/N-ethyl adjacent to an activating group) is 1. The van der Waals surface area contributed by atoms with E-state index in [0.29, 0.717) is 18.8 Å². The highest BCUT2D eigenvalue weighted by atomic mass is 35.5. The van der Waals surface area contributed by atoms with Gasteiger partial charge >= 0.3 is 5.97 Å². The third-order valence-corrected chi connectivity index (χ3v) is 5.09. The number of ether oxygens (including phenoxy) is 1. The van der Waals surface area contributed by atoms with Crippen molar-refractivity contribution in [3.8, 4) is 5.75 Å². The maximum atomic E-state index is 12.6. The first-order valence-electron chi connectivity index (χ1n) is 9.02. The minimum atomic E-state index is -0.862. The fraction of sp³-hybridized carbons (Fsp3) is 0.556. The number of piperidine rings is 1. The van der Waals surface area contributed by atoms with Crippen LogP contribution in [0.25, 0.3) is 0 Å². The zero-order valence-corrected chi connectivity index (χ0v) is 17.5. The monoisotopic (exact) mass is 430 g/mol. The summed E-state index contributed by atoms with van der Waals surface area (Å²) in [7, 11) is 3.20. The molecule has 1 aromatic rings. The Labute approximate surface area is 175 Å². The van der Waals surface area contributed by atoms with Crippen LogP contribution in [0.5, 0.6) is 5.75 Å². The van der Waals surface area contributed by atoms with Crippen molar-refractivity contribution >= 4 is 35.7 Å². The van der Waals surface area contributed by atoms with Gasteiger partial charge in [-0.1, -0.05) is 0 Å². The van der Waals surface area contributed by atoms with Gasteiger partial charge in [0.25, 0.3) is 5.69 Å². The number of hydrogen-bond acceptors (Lipinski definition) is 7. The lowest BCUT2D eigenvalue weighted by molar-refractivity contribution is -0.384. The summed E-state index contributed by atoms with van der Waals surface area (Å²) in [5.41, 5.74) is -0.104. The first kappa shape index (κ1) is 24.6. The van der Waals surface area contributed by atoms with Gasteiger partial charge in [-0.3, -0.25) is 29.5 Å². The van der Waals surface area contributed by atoms with E-state index in [1.165, 1.54) is 19.2 Å². The third-order valence-electron chi connectivity index (χ3n) is 5.09. The highest BCUT2D eigenvalue weighted by Gasteiger charge is 2.29. The predicted octanol–water partition coefficient (Wildman–Crippen LogP) is 1.83. The normalized spacial score (nSPS) is 16.0. The number of nitrogens with one attached hydrogen (secondary N) is 1. The molecule has 0 spiro atoms. The summed E-state index contributed by atoms with van der Waals surface area (Å²) in [5.74, 6) is -0.852. The van der Waals surface area contributed by atoms with Crippen molar-refractivity contribution in [2.75, 3.05) is 39.1 Å². The number of hydrogen-bond donors (Lipinski definition) is 2. The zero-order valence-electron chi connectivity index (χ0n) is 16.7. The summed E-state index contributed by atoms with van der Waals surface area (Å²) in [5, 5.41) is 22.8. The molecule has 0 radical (unpaired) electrons. The van der Waals surface area contributed by atoms with Crippen LogP contribution in [0.15, 0.2) is 18.2 Å². The molecular formula is C18H27ClN4O6. The van der Waals surface area contributed by atoms with Gasteiger partial charge in [0.15, 0.2) is 0 Å². The number of anilines is 1. The van der Waals surface area contributed by atoms with Gasteiger partial charge in [-0.25, -0.2) is 0 Å². The van der Waals surface area contributed by atoms with Crippen molar-refractivity contribution < 1.29 is 24.4 Å². The Morgan fingerprint density at radius 2 is 2.03 bits per heavy atom. The largest absolute Gasteiger partial charge is 0.496 e. The summed E-state index contributed by atoms with van der Waals surface area (Å²) >= 11 is 0. The van der Waals surface area contributed by atoms with Crippen molar-refractivity contribution in [1.29, 1.82) is 0 Å². The quantitative estimate of drug-likeness (QED) is 0.472. The van der Waals surface area contributed by atoms with E-state index >= 15 is 0 Å². The number of nitrogens with zero attached hydrogens (tertiary/aromatic N) is 3. The molecule has 10 nitrogen and oxygen atoms in total. The van der Waals surface area contributed by atoms with E-state index < -0.39 is 16.9 Å². The van der Waals surface area contributed by atoms with Gasteiger partial charge in [0.1, 0.15) is 11.4 Å². The van der Waals surface area contributed by atoms with Crippen LogP contribution in [0.3, 0.4) is 0 Å². The smallest absolute Gasteiger partial charge is 0.317 e. The zero-order chi connectivity index (χ0) is 20.8. The minimum absolute atomic E-state index is 0. The Kier molecular flexibility index (Phi) is 9.28. The molecule has 1 heterocycles.